The van der Waals surface area contributed by atoms with Gasteiger partial charge in [-0.1, -0.05) is 12.1 Å². The number of nitrogens with zero attached hydrogens (tertiary/aromatic N) is 2. The molecule has 0 bridgehead atoms. The lowest BCUT2D eigenvalue weighted by Crippen LogP contribution is -2.30. The Kier molecular flexibility index (Phi) is 9.18. The fourth-order valence-corrected chi connectivity index (χ4v) is 4.93. The normalized spacial score (nSPS) is 10.8. The van der Waals surface area contributed by atoms with Crippen molar-refractivity contribution in [3.05, 3.63) is 60.2 Å². The molecule has 0 aromatic carbocycles. The summed E-state index contributed by atoms with van der Waals surface area (Å²) in [5, 5.41) is 20.7. The zero-order valence-corrected chi connectivity index (χ0v) is 16.8. The molecule has 0 unspecified atom stereocenters. The third kappa shape index (κ3) is 8.35. The first kappa shape index (κ1) is 22.4. The molecule has 0 saturated heterocycles. The average molecular weight is 417 g/mol. The fourth-order valence-electron chi connectivity index (χ4n) is 2.73. The number of nitrogens with one attached hydrogen (secondary N) is 1. The monoisotopic (exact) mass is 417 g/mol. The summed E-state index contributed by atoms with van der Waals surface area (Å²) < 4.78 is 0. The Labute approximate surface area is 170 Å². The Bertz CT molecular complexity index is 747. The lowest BCUT2D eigenvalue weighted by Gasteiger charge is -2.20. The topological polar surface area (TPSA) is 129 Å². The summed E-state index contributed by atoms with van der Waals surface area (Å²) >= 11 is 0. The second kappa shape index (κ2) is 11.9. The van der Waals surface area contributed by atoms with Gasteiger partial charge in [0.1, 0.15) is 6.04 Å². The third-order valence-corrected chi connectivity index (χ3v) is 6.78. The van der Waals surface area contributed by atoms with Gasteiger partial charge in [0.2, 0.25) is 5.91 Å². The standard InChI is InChI=1S/C20H24N3O5P/c24-17(7-12-29(13-8-18(25)26)14-9-19(27)28)23-20(15-5-1-3-10-21-15)16-6-2-4-11-22-16/h1-6,10-11,20H,7-9,12-14H2,(H,23,24)(H,25,26)(H,27,28). The van der Waals surface area contributed by atoms with Crippen molar-refractivity contribution >= 4 is 25.8 Å². The van der Waals surface area contributed by atoms with Gasteiger partial charge in [0.05, 0.1) is 11.4 Å². The number of carboxylic acid groups (broad SMARTS) is 2. The van der Waals surface area contributed by atoms with Gasteiger partial charge in [-0.25, -0.2) is 0 Å². The molecule has 0 spiro atoms. The summed E-state index contributed by atoms with van der Waals surface area (Å²) in [6.45, 7) is 0. The molecular formula is C20H24N3O5P. The van der Waals surface area contributed by atoms with E-state index in [1.807, 2.05) is 24.3 Å². The van der Waals surface area contributed by atoms with Gasteiger partial charge in [-0.05, 0) is 42.8 Å². The zero-order chi connectivity index (χ0) is 21.1. The van der Waals surface area contributed by atoms with Gasteiger partial charge in [-0.2, -0.15) is 0 Å². The molecular weight excluding hydrogens is 393 g/mol. The van der Waals surface area contributed by atoms with Gasteiger partial charge >= 0.3 is 11.9 Å². The van der Waals surface area contributed by atoms with Gasteiger partial charge < -0.3 is 15.5 Å². The van der Waals surface area contributed by atoms with Crippen LogP contribution in [-0.4, -0.2) is 56.5 Å². The van der Waals surface area contributed by atoms with Crippen LogP contribution in [0.3, 0.4) is 0 Å². The summed E-state index contributed by atoms with van der Waals surface area (Å²) in [6, 6.07) is 10.4. The number of hydrogen-bond acceptors (Lipinski definition) is 5. The minimum Gasteiger partial charge on any atom is -0.481 e. The second-order valence-corrected chi connectivity index (χ2v) is 9.07. The molecule has 0 aliphatic carbocycles. The van der Waals surface area contributed by atoms with Crippen LogP contribution in [0.15, 0.2) is 48.8 Å². The molecule has 0 radical (unpaired) electrons. The highest BCUT2D eigenvalue weighted by Gasteiger charge is 2.20. The maximum atomic E-state index is 12.6. The van der Waals surface area contributed by atoms with Crippen LogP contribution in [0.5, 0.6) is 0 Å². The molecule has 2 aromatic rings. The number of aliphatic carboxylic acids is 2. The molecule has 3 N–H and O–H groups in total. The van der Waals surface area contributed by atoms with Crippen molar-refractivity contribution < 1.29 is 24.6 Å². The molecule has 9 heteroatoms. The molecule has 0 atom stereocenters. The predicted octanol–water partition coefficient (Wildman–Crippen LogP) is 2.50. The van der Waals surface area contributed by atoms with E-state index in [9.17, 15) is 14.4 Å². The number of aromatic nitrogens is 2. The number of hydrogen-bond donors (Lipinski definition) is 3. The number of pyridine rings is 2. The SMILES string of the molecule is O=C(O)CCP(CCC(=O)O)CCC(=O)NC(c1ccccn1)c1ccccn1. The van der Waals surface area contributed by atoms with E-state index < -0.39 is 25.9 Å². The molecule has 0 aliphatic heterocycles. The van der Waals surface area contributed by atoms with Gasteiger partial charge in [0, 0.05) is 31.7 Å². The van der Waals surface area contributed by atoms with Crippen LogP contribution in [0.4, 0.5) is 0 Å². The van der Waals surface area contributed by atoms with Crippen molar-refractivity contribution in [2.75, 3.05) is 18.5 Å². The van der Waals surface area contributed by atoms with Gasteiger partial charge in [0.25, 0.3) is 0 Å². The van der Waals surface area contributed by atoms with Crippen LogP contribution >= 0.6 is 7.92 Å². The smallest absolute Gasteiger partial charge is 0.303 e. The van der Waals surface area contributed by atoms with Crippen molar-refractivity contribution in [1.29, 1.82) is 0 Å². The largest absolute Gasteiger partial charge is 0.481 e. The first-order valence-electron chi connectivity index (χ1n) is 9.23. The summed E-state index contributed by atoms with van der Waals surface area (Å²) in [5.74, 6) is -2.03. The molecule has 0 saturated carbocycles. The van der Waals surface area contributed by atoms with E-state index in [0.29, 0.717) is 29.9 Å². The van der Waals surface area contributed by atoms with E-state index in [4.69, 9.17) is 10.2 Å². The van der Waals surface area contributed by atoms with Crippen LogP contribution < -0.4 is 5.32 Å². The number of carbonyl (C=O) groups is 3. The van der Waals surface area contributed by atoms with Crippen LogP contribution in [0.1, 0.15) is 36.7 Å². The predicted molar refractivity (Wildman–Crippen MR) is 109 cm³/mol. The van der Waals surface area contributed by atoms with Gasteiger partial charge in [0.15, 0.2) is 0 Å². The van der Waals surface area contributed by atoms with E-state index >= 15 is 0 Å². The van der Waals surface area contributed by atoms with Crippen LogP contribution in [0.2, 0.25) is 0 Å². The average Bonchev–Trinajstić information content (AvgIpc) is 2.72. The number of carboxylic acids is 2. The Balaban J connectivity index is 2.00. The van der Waals surface area contributed by atoms with Crippen LogP contribution in [-0.2, 0) is 14.4 Å². The molecule has 8 nitrogen and oxygen atoms in total. The van der Waals surface area contributed by atoms with Gasteiger partial charge in [-0.15, -0.1) is 7.92 Å². The molecule has 2 rings (SSSR count). The fraction of sp³-hybridized carbons (Fsp3) is 0.350. The second-order valence-electron chi connectivity index (χ2n) is 6.39. The molecule has 154 valence electrons. The van der Waals surface area contributed by atoms with Crippen molar-refractivity contribution in [3.8, 4) is 0 Å². The summed E-state index contributed by atoms with van der Waals surface area (Å²) in [6.07, 6.45) is 4.77. The number of amides is 1. The van der Waals surface area contributed by atoms with Crippen LogP contribution in [0, 0.1) is 0 Å². The van der Waals surface area contributed by atoms with Crippen molar-refractivity contribution in [2.45, 2.75) is 25.3 Å². The minimum atomic E-state index is -0.914. The van der Waals surface area contributed by atoms with E-state index in [-0.39, 0.29) is 25.2 Å². The summed E-state index contributed by atoms with van der Waals surface area (Å²) in [4.78, 5) is 42.9. The Morgan fingerprint density at radius 1 is 0.828 bits per heavy atom. The van der Waals surface area contributed by atoms with E-state index in [2.05, 4.69) is 15.3 Å². The lowest BCUT2D eigenvalue weighted by molar-refractivity contribution is -0.137. The first-order valence-corrected chi connectivity index (χ1v) is 11.1. The summed E-state index contributed by atoms with van der Waals surface area (Å²) in [5.41, 5.74) is 1.33. The van der Waals surface area contributed by atoms with Gasteiger partial charge in [-0.3, -0.25) is 24.4 Å². The molecule has 1 amide bonds. The summed E-state index contributed by atoms with van der Waals surface area (Å²) in [7, 11) is -0.845. The highest BCUT2D eigenvalue weighted by atomic mass is 31.1. The van der Waals surface area contributed by atoms with Crippen molar-refractivity contribution in [1.82, 2.24) is 15.3 Å². The molecule has 0 aliphatic rings. The first-order chi connectivity index (χ1) is 14.0. The zero-order valence-electron chi connectivity index (χ0n) is 15.9. The Morgan fingerprint density at radius 3 is 1.72 bits per heavy atom. The molecule has 2 aromatic heterocycles. The van der Waals surface area contributed by atoms with E-state index in [0.717, 1.165) is 0 Å². The molecule has 0 fully saturated rings. The maximum Gasteiger partial charge on any atom is 0.303 e. The van der Waals surface area contributed by atoms with Crippen molar-refractivity contribution in [3.63, 3.8) is 0 Å². The van der Waals surface area contributed by atoms with Crippen molar-refractivity contribution in [2.24, 2.45) is 0 Å². The number of carbonyl (C=O) groups excluding carboxylic acids is 1. The maximum absolute atomic E-state index is 12.6. The molecule has 29 heavy (non-hydrogen) atoms. The highest BCUT2D eigenvalue weighted by Crippen LogP contribution is 2.37. The Hall–Kier alpha value is -2.86. The Morgan fingerprint density at radius 2 is 1.31 bits per heavy atom. The van der Waals surface area contributed by atoms with Crippen LogP contribution in [0.25, 0.3) is 0 Å². The van der Waals surface area contributed by atoms with E-state index in [1.54, 1.807) is 24.5 Å². The molecule has 2 heterocycles. The quantitative estimate of drug-likeness (QED) is 0.453. The number of rotatable bonds is 12. The lowest BCUT2D eigenvalue weighted by atomic mass is 10.1. The van der Waals surface area contributed by atoms with E-state index in [1.165, 1.54) is 0 Å². The third-order valence-electron chi connectivity index (χ3n) is 4.21. The highest BCUT2D eigenvalue weighted by molar-refractivity contribution is 7.57. The minimum absolute atomic E-state index is 0.0164.